The number of carboxylic acid groups (broad SMARTS) is 2. The quantitative estimate of drug-likeness (QED) is 0.0393. The number of aliphatic hydroxyl groups is 1. The van der Waals surface area contributed by atoms with E-state index in [-0.39, 0.29) is 25.3 Å². The number of carbonyl (C=O) groups is 9. The summed E-state index contributed by atoms with van der Waals surface area (Å²) in [7, 11) is 0. The van der Waals surface area contributed by atoms with Crippen LogP contribution < -0.4 is 49.1 Å². The van der Waals surface area contributed by atoms with E-state index in [0.717, 1.165) is 0 Å². The summed E-state index contributed by atoms with van der Waals surface area (Å²) in [6, 6.07) is -9.60. The molecule has 0 aliphatic rings. The van der Waals surface area contributed by atoms with E-state index >= 15 is 0 Å². The van der Waals surface area contributed by atoms with E-state index in [4.69, 9.17) is 22.3 Å². The fraction of sp³-hybridized carbons (Fsp3) is 0.710. The first-order valence-corrected chi connectivity index (χ1v) is 16.8. The average molecular weight is 746 g/mol. The normalized spacial score (nSPS) is 15.6. The lowest BCUT2D eigenvalue weighted by Gasteiger charge is -2.28. The van der Waals surface area contributed by atoms with Crippen LogP contribution in [0, 0.1) is 5.92 Å². The van der Waals surface area contributed by atoms with Crippen LogP contribution >= 0.6 is 0 Å². The Morgan fingerprint density at radius 3 is 1.58 bits per heavy atom. The van der Waals surface area contributed by atoms with Gasteiger partial charge in [-0.05, 0) is 65.3 Å². The van der Waals surface area contributed by atoms with Crippen molar-refractivity contribution in [3.8, 4) is 0 Å². The number of aliphatic carboxylic acids is 2. The standard InChI is InChI=1S/C31H55N9O12/c1-14(2)12-21(29(49)36-16(4)26(46)38-20(31(51)52)9-10-23(43)44)39-30(50)24(17(5)41)40-28(48)19(8-6-7-11-32)37-25(45)15(3)35-27(47)18(33)13-22(34)42/h14-21,24,41H,6-13,32-33H2,1-5H3,(H2,34,42)(H,35,47)(H,36,49)(H,37,45)(H,38,46)(H,39,50)(H,40,48)(H,43,44)(H,51,52)/t15-,16-,17+,18-,19-,20-,21-,24-/m0/s1. The van der Waals surface area contributed by atoms with Gasteiger partial charge in [0, 0.05) is 6.42 Å². The number of unbranched alkanes of at least 4 members (excludes halogenated alkanes) is 1. The fourth-order valence-electron chi connectivity index (χ4n) is 4.58. The molecule has 0 saturated carbocycles. The van der Waals surface area contributed by atoms with E-state index in [0.29, 0.717) is 12.8 Å². The maximum atomic E-state index is 13.4. The minimum absolute atomic E-state index is 0.0349. The van der Waals surface area contributed by atoms with Crippen molar-refractivity contribution in [1.82, 2.24) is 31.9 Å². The third kappa shape index (κ3) is 18.4. The molecule has 0 unspecified atom stereocenters. The molecule has 0 fully saturated rings. The Balaban J connectivity index is 5.84. The summed E-state index contributed by atoms with van der Waals surface area (Å²) in [6.45, 7) is 7.50. The van der Waals surface area contributed by atoms with Crippen LogP contribution in [0.1, 0.15) is 79.6 Å². The van der Waals surface area contributed by atoms with Crippen LogP contribution in [0.5, 0.6) is 0 Å². The maximum Gasteiger partial charge on any atom is 0.326 e. The molecule has 0 rings (SSSR count). The smallest absolute Gasteiger partial charge is 0.326 e. The first-order valence-electron chi connectivity index (χ1n) is 16.8. The zero-order valence-electron chi connectivity index (χ0n) is 30.1. The molecule has 0 aromatic carbocycles. The number of hydrogen-bond acceptors (Lipinski definition) is 12. The van der Waals surface area contributed by atoms with E-state index in [1.807, 2.05) is 0 Å². The summed E-state index contributed by atoms with van der Waals surface area (Å²) in [6.07, 6.45) is -2.01. The van der Waals surface area contributed by atoms with Gasteiger partial charge >= 0.3 is 11.9 Å². The molecule has 0 spiro atoms. The fourth-order valence-corrected chi connectivity index (χ4v) is 4.58. The number of rotatable bonds is 25. The molecule has 52 heavy (non-hydrogen) atoms. The molecule has 8 atom stereocenters. The second-order valence-electron chi connectivity index (χ2n) is 12.8. The molecule has 7 amide bonds. The monoisotopic (exact) mass is 745 g/mol. The predicted molar refractivity (Wildman–Crippen MR) is 183 cm³/mol. The van der Waals surface area contributed by atoms with Crippen molar-refractivity contribution in [3.63, 3.8) is 0 Å². The van der Waals surface area contributed by atoms with Crippen molar-refractivity contribution in [1.29, 1.82) is 0 Å². The highest BCUT2D eigenvalue weighted by Crippen LogP contribution is 2.09. The Hall–Kier alpha value is -4.89. The molecular weight excluding hydrogens is 690 g/mol. The van der Waals surface area contributed by atoms with Gasteiger partial charge < -0.3 is 64.4 Å². The van der Waals surface area contributed by atoms with Gasteiger partial charge in [0.25, 0.3) is 0 Å². The summed E-state index contributed by atoms with van der Waals surface area (Å²) >= 11 is 0. The lowest BCUT2D eigenvalue weighted by molar-refractivity contribution is -0.143. The molecule has 0 aromatic heterocycles. The number of carbonyl (C=O) groups excluding carboxylic acids is 7. The number of hydrogen-bond donors (Lipinski definition) is 12. The van der Waals surface area contributed by atoms with Crippen molar-refractivity contribution >= 4 is 53.3 Å². The Morgan fingerprint density at radius 1 is 0.615 bits per heavy atom. The largest absolute Gasteiger partial charge is 0.481 e. The SMILES string of the molecule is CC(C)C[C@H](NC(=O)[C@@H](NC(=O)[C@H](CCCCN)NC(=O)[C@H](C)NC(=O)[C@@H](N)CC(N)=O)[C@@H](C)O)C(=O)N[C@@H](C)C(=O)N[C@@H](CCC(=O)O)C(=O)O. The number of aliphatic hydroxyl groups excluding tert-OH is 1. The van der Waals surface area contributed by atoms with Gasteiger partial charge in [0.1, 0.15) is 36.3 Å². The zero-order valence-corrected chi connectivity index (χ0v) is 30.1. The van der Waals surface area contributed by atoms with Gasteiger partial charge in [-0.1, -0.05) is 13.8 Å². The molecule has 0 bridgehead atoms. The lowest BCUT2D eigenvalue weighted by Crippen LogP contribution is -2.61. The van der Waals surface area contributed by atoms with E-state index < -0.39 is 121 Å². The van der Waals surface area contributed by atoms with E-state index in [1.54, 1.807) is 13.8 Å². The first kappa shape index (κ1) is 47.1. The molecule has 0 aromatic rings. The summed E-state index contributed by atoms with van der Waals surface area (Å²) < 4.78 is 0. The molecular formula is C31H55N9O12. The van der Waals surface area contributed by atoms with Gasteiger partial charge in [-0.2, -0.15) is 0 Å². The van der Waals surface area contributed by atoms with Crippen LogP contribution in [-0.2, 0) is 43.2 Å². The Kier molecular flexibility index (Phi) is 21.3. The average Bonchev–Trinajstić information content (AvgIpc) is 3.03. The highest BCUT2D eigenvalue weighted by atomic mass is 16.4. The molecule has 21 nitrogen and oxygen atoms in total. The van der Waals surface area contributed by atoms with Crippen LogP contribution in [0.15, 0.2) is 0 Å². The summed E-state index contributed by atoms with van der Waals surface area (Å²) in [5.74, 6) is -9.08. The van der Waals surface area contributed by atoms with Crippen LogP contribution in [-0.4, -0.2) is 124 Å². The van der Waals surface area contributed by atoms with Crippen LogP contribution in [0.3, 0.4) is 0 Å². The van der Waals surface area contributed by atoms with Gasteiger partial charge in [0.2, 0.25) is 41.4 Å². The van der Waals surface area contributed by atoms with E-state index in [1.165, 1.54) is 20.8 Å². The van der Waals surface area contributed by atoms with Crippen molar-refractivity contribution in [2.45, 2.75) is 128 Å². The third-order valence-electron chi connectivity index (χ3n) is 7.51. The van der Waals surface area contributed by atoms with Gasteiger partial charge in [-0.15, -0.1) is 0 Å². The third-order valence-corrected chi connectivity index (χ3v) is 7.51. The van der Waals surface area contributed by atoms with Gasteiger partial charge in [0.15, 0.2) is 0 Å². The molecule has 0 radical (unpaired) electrons. The topological polar surface area (TPSA) is 365 Å². The number of nitrogens with one attached hydrogen (secondary N) is 6. The second-order valence-corrected chi connectivity index (χ2v) is 12.8. The first-order chi connectivity index (χ1) is 24.1. The van der Waals surface area contributed by atoms with Gasteiger partial charge in [0.05, 0.1) is 18.6 Å². The lowest BCUT2D eigenvalue weighted by atomic mass is 10.0. The molecule has 296 valence electrons. The van der Waals surface area contributed by atoms with Crippen molar-refractivity contribution in [2.24, 2.45) is 23.1 Å². The van der Waals surface area contributed by atoms with Crippen LogP contribution in [0.25, 0.3) is 0 Å². The summed E-state index contributed by atoms with van der Waals surface area (Å²) in [4.78, 5) is 111. The highest BCUT2D eigenvalue weighted by molar-refractivity contribution is 5.97. The number of carboxylic acids is 2. The Labute approximate surface area is 301 Å². The highest BCUT2D eigenvalue weighted by Gasteiger charge is 2.34. The van der Waals surface area contributed by atoms with Crippen molar-refractivity contribution in [2.75, 3.05) is 6.54 Å². The maximum absolute atomic E-state index is 13.4. The molecule has 0 aliphatic heterocycles. The molecule has 0 aliphatic carbocycles. The zero-order chi connectivity index (χ0) is 40.3. The van der Waals surface area contributed by atoms with Crippen LogP contribution in [0.2, 0.25) is 0 Å². The number of primary amides is 1. The Bertz CT molecular complexity index is 1280. The molecule has 0 heterocycles. The molecule has 21 heteroatoms. The van der Waals surface area contributed by atoms with Gasteiger partial charge in [-0.25, -0.2) is 4.79 Å². The number of amides is 7. The molecule has 0 saturated heterocycles. The summed E-state index contributed by atoms with van der Waals surface area (Å²) in [5, 5.41) is 42.8. The van der Waals surface area contributed by atoms with Crippen molar-refractivity contribution < 1.29 is 58.5 Å². The number of nitrogens with two attached hydrogens (primary N) is 3. The Morgan fingerprint density at radius 2 is 1.12 bits per heavy atom. The van der Waals surface area contributed by atoms with Crippen LogP contribution in [0.4, 0.5) is 0 Å². The van der Waals surface area contributed by atoms with Gasteiger partial charge in [-0.3, -0.25) is 38.4 Å². The van der Waals surface area contributed by atoms with E-state index in [2.05, 4.69) is 31.9 Å². The second kappa shape index (κ2) is 23.6. The van der Waals surface area contributed by atoms with E-state index in [9.17, 15) is 53.4 Å². The summed E-state index contributed by atoms with van der Waals surface area (Å²) in [5.41, 5.74) is 16.2. The van der Waals surface area contributed by atoms with Crippen molar-refractivity contribution in [3.05, 3.63) is 0 Å². The predicted octanol–water partition coefficient (Wildman–Crippen LogP) is -4.36. The minimum Gasteiger partial charge on any atom is -0.481 e. The minimum atomic E-state index is -1.64. The molecule has 15 N–H and O–H groups in total.